The fraction of sp³-hybridized carbons (Fsp3) is 0.278. The number of aromatic nitrogens is 1. The SMILES string of the molecule is CCN(CC)S(=O)(=O)c1cccc(NC(=O)COC(=O)c2ccncc2)c1. The Morgan fingerprint density at radius 2 is 1.78 bits per heavy atom. The molecule has 1 N–H and O–H groups in total. The lowest BCUT2D eigenvalue weighted by Crippen LogP contribution is -2.30. The van der Waals surface area contributed by atoms with Crippen LogP contribution in [0.5, 0.6) is 0 Å². The van der Waals surface area contributed by atoms with E-state index < -0.39 is 28.5 Å². The number of pyridine rings is 1. The lowest BCUT2D eigenvalue weighted by molar-refractivity contribution is -0.119. The third-order valence-electron chi connectivity index (χ3n) is 3.71. The van der Waals surface area contributed by atoms with E-state index in [4.69, 9.17) is 4.74 Å². The predicted molar refractivity (Wildman–Crippen MR) is 99.7 cm³/mol. The number of hydrogen-bond donors (Lipinski definition) is 1. The molecule has 1 aromatic carbocycles. The topological polar surface area (TPSA) is 106 Å². The van der Waals surface area contributed by atoms with E-state index in [9.17, 15) is 18.0 Å². The minimum atomic E-state index is -3.63. The Labute approximate surface area is 158 Å². The number of carbonyl (C=O) groups is 2. The Morgan fingerprint density at radius 3 is 2.41 bits per heavy atom. The van der Waals surface area contributed by atoms with E-state index >= 15 is 0 Å². The van der Waals surface area contributed by atoms with Crippen molar-refractivity contribution in [3.8, 4) is 0 Å². The number of nitrogens with one attached hydrogen (secondary N) is 1. The van der Waals surface area contributed by atoms with Gasteiger partial charge >= 0.3 is 5.97 Å². The van der Waals surface area contributed by atoms with Gasteiger partial charge in [0.15, 0.2) is 6.61 Å². The molecule has 0 fully saturated rings. The van der Waals surface area contributed by atoms with Gasteiger partial charge in [0.05, 0.1) is 10.5 Å². The number of carbonyl (C=O) groups excluding carboxylic acids is 2. The van der Waals surface area contributed by atoms with E-state index in [2.05, 4.69) is 10.3 Å². The van der Waals surface area contributed by atoms with Crippen LogP contribution < -0.4 is 5.32 Å². The molecule has 0 atom stereocenters. The summed E-state index contributed by atoms with van der Waals surface area (Å²) in [6.45, 7) is 3.71. The Morgan fingerprint density at radius 1 is 1.11 bits per heavy atom. The van der Waals surface area contributed by atoms with E-state index in [-0.39, 0.29) is 10.5 Å². The number of hydrogen-bond acceptors (Lipinski definition) is 6. The summed E-state index contributed by atoms with van der Waals surface area (Å²) in [6.07, 6.45) is 2.89. The molecule has 9 heteroatoms. The van der Waals surface area contributed by atoms with Gasteiger partial charge in [-0.05, 0) is 30.3 Å². The quantitative estimate of drug-likeness (QED) is 0.689. The summed E-state index contributed by atoms with van der Waals surface area (Å²) < 4.78 is 31.3. The Kier molecular flexibility index (Phi) is 7.03. The smallest absolute Gasteiger partial charge is 0.338 e. The monoisotopic (exact) mass is 391 g/mol. The van der Waals surface area contributed by atoms with Crippen molar-refractivity contribution in [2.75, 3.05) is 25.0 Å². The van der Waals surface area contributed by atoms with Crippen molar-refractivity contribution in [1.82, 2.24) is 9.29 Å². The molecule has 0 saturated heterocycles. The standard InChI is InChI=1S/C18H21N3O5S/c1-3-21(4-2)27(24,25)16-7-5-6-15(12-16)20-17(22)13-26-18(23)14-8-10-19-11-9-14/h5-12H,3-4,13H2,1-2H3,(H,20,22). The third-order valence-corrected chi connectivity index (χ3v) is 5.76. The number of esters is 1. The van der Waals surface area contributed by atoms with E-state index in [0.717, 1.165) is 0 Å². The number of anilines is 1. The molecule has 2 aromatic rings. The molecule has 2 rings (SSSR count). The predicted octanol–water partition coefficient (Wildman–Crippen LogP) is 1.91. The summed E-state index contributed by atoms with van der Waals surface area (Å²) in [5, 5.41) is 2.52. The molecule has 0 bridgehead atoms. The second-order valence-corrected chi connectivity index (χ2v) is 7.42. The molecule has 0 unspecified atom stereocenters. The van der Waals surface area contributed by atoms with E-state index in [0.29, 0.717) is 18.8 Å². The number of nitrogens with zero attached hydrogens (tertiary/aromatic N) is 2. The molecule has 0 aliphatic heterocycles. The Bertz CT molecular complexity index is 896. The van der Waals surface area contributed by atoms with Gasteiger partial charge in [-0.15, -0.1) is 0 Å². The summed E-state index contributed by atoms with van der Waals surface area (Å²) in [6, 6.07) is 8.88. The van der Waals surface area contributed by atoms with Crippen LogP contribution in [0.15, 0.2) is 53.7 Å². The van der Waals surface area contributed by atoms with Crippen LogP contribution in [0.3, 0.4) is 0 Å². The van der Waals surface area contributed by atoms with Gasteiger partial charge in [-0.2, -0.15) is 4.31 Å². The largest absolute Gasteiger partial charge is 0.452 e. The number of ether oxygens (including phenoxy) is 1. The Hall–Kier alpha value is -2.78. The van der Waals surface area contributed by atoms with Gasteiger partial charge in [0.25, 0.3) is 5.91 Å². The molecule has 1 aromatic heterocycles. The van der Waals surface area contributed by atoms with Crippen molar-refractivity contribution in [3.63, 3.8) is 0 Å². The van der Waals surface area contributed by atoms with Crippen LogP contribution in [-0.4, -0.2) is 49.3 Å². The van der Waals surface area contributed by atoms with Gasteiger partial charge in [-0.25, -0.2) is 13.2 Å². The van der Waals surface area contributed by atoms with Crippen LogP contribution in [0.1, 0.15) is 24.2 Å². The van der Waals surface area contributed by atoms with E-state index in [1.54, 1.807) is 19.9 Å². The summed E-state index contributed by atoms with van der Waals surface area (Å²) >= 11 is 0. The van der Waals surface area contributed by atoms with Crippen molar-refractivity contribution in [2.24, 2.45) is 0 Å². The van der Waals surface area contributed by atoms with E-state index in [1.165, 1.54) is 47.0 Å². The molecule has 0 radical (unpaired) electrons. The molecule has 0 saturated carbocycles. The third kappa shape index (κ3) is 5.35. The number of sulfonamides is 1. The van der Waals surface area contributed by atoms with Gasteiger partial charge in [0.2, 0.25) is 10.0 Å². The minimum absolute atomic E-state index is 0.0813. The van der Waals surface area contributed by atoms with Crippen LogP contribution >= 0.6 is 0 Å². The molecular weight excluding hydrogens is 370 g/mol. The van der Waals surface area contributed by atoms with Crippen molar-refractivity contribution < 1.29 is 22.7 Å². The van der Waals surface area contributed by atoms with Crippen molar-refractivity contribution in [1.29, 1.82) is 0 Å². The van der Waals surface area contributed by atoms with Crippen LogP contribution in [0, 0.1) is 0 Å². The molecule has 1 heterocycles. The van der Waals surface area contributed by atoms with Crippen molar-refractivity contribution >= 4 is 27.6 Å². The molecule has 1 amide bonds. The molecule has 0 spiro atoms. The average molecular weight is 391 g/mol. The van der Waals surface area contributed by atoms with Gasteiger partial charge in [0, 0.05) is 31.2 Å². The number of benzene rings is 1. The number of rotatable bonds is 8. The zero-order valence-electron chi connectivity index (χ0n) is 15.1. The maximum absolute atomic E-state index is 12.5. The first-order valence-corrected chi connectivity index (χ1v) is 9.79. The van der Waals surface area contributed by atoms with E-state index in [1.807, 2.05) is 0 Å². The highest BCUT2D eigenvalue weighted by Crippen LogP contribution is 2.19. The van der Waals surface area contributed by atoms with Crippen LogP contribution in [0.4, 0.5) is 5.69 Å². The molecule has 27 heavy (non-hydrogen) atoms. The van der Waals surface area contributed by atoms with Gasteiger partial charge in [-0.1, -0.05) is 19.9 Å². The zero-order valence-corrected chi connectivity index (χ0v) is 15.9. The van der Waals surface area contributed by atoms with Crippen LogP contribution in [-0.2, 0) is 19.6 Å². The second-order valence-electron chi connectivity index (χ2n) is 5.48. The second kappa shape index (κ2) is 9.24. The maximum Gasteiger partial charge on any atom is 0.338 e. The van der Waals surface area contributed by atoms with Gasteiger partial charge < -0.3 is 10.1 Å². The minimum Gasteiger partial charge on any atom is -0.452 e. The maximum atomic E-state index is 12.5. The van der Waals surface area contributed by atoms with Crippen LogP contribution in [0.25, 0.3) is 0 Å². The first kappa shape index (κ1) is 20.5. The average Bonchev–Trinajstić information content (AvgIpc) is 2.67. The van der Waals surface area contributed by atoms with Gasteiger partial charge in [-0.3, -0.25) is 9.78 Å². The summed E-state index contributed by atoms with van der Waals surface area (Å²) in [7, 11) is -3.63. The first-order chi connectivity index (χ1) is 12.9. The molecule has 144 valence electrons. The molecule has 0 aliphatic rings. The van der Waals surface area contributed by atoms with Crippen LogP contribution in [0.2, 0.25) is 0 Å². The zero-order chi connectivity index (χ0) is 19.9. The van der Waals surface area contributed by atoms with Crippen molar-refractivity contribution in [2.45, 2.75) is 18.7 Å². The lowest BCUT2D eigenvalue weighted by Gasteiger charge is -2.18. The fourth-order valence-corrected chi connectivity index (χ4v) is 3.85. The van der Waals surface area contributed by atoms with Crippen molar-refractivity contribution in [3.05, 3.63) is 54.4 Å². The fourth-order valence-electron chi connectivity index (χ4n) is 2.35. The summed E-state index contributed by atoms with van der Waals surface area (Å²) in [4.78, 5) is 27.7. The molecular formula is C18H21N3O5S. The summed E-state index contributed by atoms with van der Waals surface area (Å²) in [5.74, 6) is -1.22. The highest BCUT2D eigenvalue weighted by Gasteiger charge is 2.22. The number of amides is 1. The lowest BCUT2D eigenvalue weighted by atomic mass is 10.3. The highest BCUT2D eigenvalue weighted by atomic mass is 32.2. The molecule has 0 aliphatic carbocycles. The highest BCUT2D eigenvalue weighted by molar-refractivity contribution is 7.89. The van der Waals surface area contributed by atoms with Gasteiger partial charge in [0.1, 0.15) is 0 Å². The molecule has 8 nitrogen and oxygen atoms in total. The first-order valence-electron chi connectivity index (χ1n) is 8.35. The Balaban J connectivity index is 2.01. The summed E-state index contributed by atoms with van der Waals surface area (Å²) in [5.41, 5.74) is 0.582. The normalized spacial score (nSPS) is 11.2.